The second-order valence-electron chi connectivity index (χ2n) is 8.30. The number of fused-ring (bicyclic) bond motifs is 4. The maximum atomic E-state index is 13.0. The zero-order valence-corrected chi connectivity index (χ0v) is 17.0. The number of piperidine rings is 4. The predicted octanol–water partition coefficient (Wildman–Crippen LogP) is 3.03. The molecule has 0 aliphatic carbocycles. The molecule has 2 bridgehead atoms. The Labute approximate surface area is 168 Å². The quantitative estimate of drug-likeness (QED) is 0.863. The lowest BCUT2D eigenvalue weighted by Crippen LogP contribution is -2.62. The summed E-state index contributed by atoms with van der Waals surface area (Å²) in [5.74, 6) is 0.639. The molecule has 0 radical (unpaired) electrons. The van der Waals surface area contributed by atoms with Crippen molar-refractivity contribution in [3.63, 3.8) is 0 Å². The molecule has 0 aromatic carbocycles. The van der Waals surface area contributed by atoms with Gasteiger partial charge in [-0.3, -0.25) is 14.5 Å². The van der Waals surface area contributed by atoms with Crippen molar-refractivity contribution in [2.24, 2.45) is 5.92 Å². The molecule has 0 spiro atoms. The molecular formula is C21H26N4O2S. The Hall–Kier alpha value is -1.99. The average Bonchev–Trinajstić information content (AvgIpc) is 3.14. The van der Waals surface area contributed by atoms with Crippen molar-refractivity contribution in [1.29, 1.82) is 0 Å². The topological polar surface area (TPSA) is 65.5 Å². The van der Waals surface area contributed by atoms with E-state index in [1.165, 1.54) is 0 Å². The number of carbonyl (C=O) groups is 2. The molecular weight excluding hydrogens is 372 g/mol. The van der Waals surface area contributed by atoms with E-state index in [9.17, 15) is 9.59 Å². The number of pyridine rings is 1. The van der Waals surface area contributed by atoms with E-state index in [1.54, 1.807) is 17.5 Å². The van der Waals surface area contributed by atoms with Gasteiger partial charge in [-0.15, -0.1) is 11.3 Å². The molecule has 4 saturated heterocycles. The van der Waals surface area contributed by atoms with Crippen LogP contribution in [0.15, 0.2) is 17.6 Å². The number of amides is 2. The standard InChI is InChI=1S/C21H26N4O2S/c1-13-20(14-5-8-24(13)9-6-14)23-21(27)16-10-15-17(12-28-18(15)11-22-16)25-7-3-2-4-19(25)26/h10-14,20H,2-9H2,1H3,(H,23,27)/t13-,20-/m0/s1. The third kappa shape index (κ3) is 3.01. The summed E-state index contributed by atoms with van der Waals surface area (Å²) in [6.07, 6.45) is 6.68. The summed E-state index contributed by atoms with van der Waals surface area (Å²) in [6, 6.07) is 2.44. The Morgan fingerprint density at radius 3 is 2.82 bits per heavy atom. The molecule has 4 aliphatic heterocycles. The first-order valence-corrected chi connectivity index (χ1v) is 11.2. The largest absolute Gasteiger partial charge is 0.346 e. The van der Waals surface area contributed by atoms with Crippen molar-refractivity contribution in [3.05, 3.63) is 23.3 Å². The fraction of sp³-hybridized carbons (Fsp3) is 0.571. The molecule has 6 rings (SSSR count). The van der Waals surface area contributed by atoms with Crippen molar-refractivity contribution < 1.29 is 9.59 Å². The molecule has 2 atom stereocenters. The number of hydrogen-bond donors (Lipinski definition) is 1. The number of carbonyl (C=O) groups excluding carboxylic acids is 2. The fourth-order valence-electron chi connectivity index (χ4n) is 5.08. The predicted molar refractivity (Wildman–Crippen MR) is 111 cm³/mol. The molecule has 4 aliphatic rings. The van der Waals surface area contributed by atoms with Crippen LogP contribution < -0.4 is 10.2 Å². The van der Waals surface area contributed by atoms with Gasteiger partial charge in [-0.2, -0.15) is 0 Å². The van der Waals surface area contributed by atoms with Crippen LogP contribution in [0.25, 0.3) is 10.1 Å². The van der Waals surface area contributed by atoms with E-state index < -0.39 is 0 Å². The van der Waals surface area contributed by atoms with Crippen molar-refractivity contribution in [2.45, 2.75) is 51.1 Å². The van der Waals surface area contributed by atoms with Crippen LogP contribution in [-0.4, -0.2) is 53.4 Å². The molecule has 1 N–H and O–H groups in total. The lowest BCUT2D eigenvalue weighted by Gasteiger charge is -2.49. The summed E-state index contributed by atoms with van der Waals surface area (Å²) in [5, 5.41) is 6.24. The summed E-state index contributed by atoms with van der Waals surface area (Å²) in [5.41, 5.74) is 1.37. The molecule has 2 aromatic heterocycles. The molecule has 148 valence electrons. The summed E-state index contributed by atoms with van der Waals surface area (Å²) in [7, 11) is 0. The Morgan fingerprint density at radius 1 is 1.25 bits per heavy atom. The fourth-order valence-corrected chi connectivity index (χ4v) is 5.98. The first-order valence-electron chi connectivity index (χ1n) is 10.3. The third-order valence-electron chi connectivity index (χ3n) is 6.76. The van der Waals surface area contributed by atoms with Crippen LogP contribution in [0, 0.1) is 5.92 Å². The van der Waals surface area contributed by atoms with E-state index in [1.807, 2.05) is 16.3 Å². The molecule has 6 heterocycles. The van der Waals surface area contributed by atoms with Crippen LogP contribution in [0.1, 0.15) is 49.5 Å². The van der Waals surface area contributed by atoms with Crippen molar-refractivity contribution in [3.8, 4) is 0 Å². The summed E-state index contributed by atoms with van der Waals surface area (Å²) >= 11 is 1.58. The van der Waals surface area contributed by atoms with Crippen LogP contribution in [0.4, 0.5) is 5.69 Å². The van der Waals surface area contributed by atoms with E-state index in [2.05, 4.69) is 22.1 Å². The second kappa shape index (κ2) is 7.12. The minimum Gasteiger partial charge on any atom is -0.346 e. The number of rotatable bonds is 3. The van der Waals surface area contributed by atoms with Gasteiger partial charge < -0.3 is 10.2 Å². The lowest BCUT2D eigenvalue weighted by atomic mass is 9.79. The Kier molecular flexibility index (Phi) is 4.59. The molecule has 4 fully saturated rings. The number of thiophene rings is 1. The van der Waals surface area contributed by atoms with Gasteiger partial charge in [-0.1, -0.05) is 0 Å². The van der Waals surface area contributed by atoms with Gasteiger partial charge in [-0.05, 0) is 57.7 Å². The van der Waals surface area contributed by atoms with E-state index >= 15 is 0 Å². The highest BCUT2D eigenvalue weighted by atomic mass is 32.1. The average molecular weight is 399 g/mol. The first-order chi connectivity index (χ1) is 13.6. The zero-order valence-electron chi connectivity index (χ0n) is 16.2. The number of hydrogen-bond acceptors (Lipinski definition) is 5. The highest BCUT2D eigenvalue weighted by molar-refractivity contribution is 7.17. The smallest absolute Gasteiger partial charge is 0.270 e. The summed E-state index contributed by atoms with van der Waals surface area (Å²) in [4.78, 5) is 34.1. The maximum absolute atomic E-state index is 13.0. The minimum absolute atomic E-state index is 0.102. The van der Waals surface area contributed by atoms with E-state index in [-0.39, 0.29) is 17.9 Å². The SMILES string of the molecule is C[C@H]1[C@H](NC(=O)c2cc3c(N4CCCCC4=O)csc3cn2)C2CCN1CC2. The lowest BCUT2D eigenvalue weighted by molar-refractivity contribution is -0.119. The van der Waals surface area contributed by atoms with E-state index in [0.29, 0.717) is 24.1 Å². The maximum Gasteiger partial charge on any atom is 0.270 e. The number of nitrogens with zero attached hydrogens (tertiary/aromatic N) is 3. The van der Waals surface area contributed by atoms with Crippen LogP contribution >= 0.6 is 11.3 Å². The van der Waals surface area contributed by atoms with Crippen LogP contribution in [-0.2, 0) is 4.79 Å². The molecule has 28 heavy (non-hydrogen) atoms. The Balaban J connectivity index is 1.40. The number of nitrogens with one attached hydrogen (secondary N) is 1. The molecule has 6 nitrogen and oxygen atoms in total. The Morgan fingerprint density at radius 2 is 2.07 bits per heavy atom. The minimum atomic E-state index is -0.102. The van der Waals surface area contributed by atoms with Gasteiger partial charge in [0.15, 0.2) is 0 Å². The van der Waals surface area contributed by atoms with Crippen molar-refractivity contribution in [1.82, 2.24) is 15.2 Å². The van der Waals surface area contributed by atoms with E-state index in [0.717, 1.165) is 61.1 Å². The second-order valence-corrected chi connectivity index (χ2v) is 9.21. The zero-order chi connectivity index (χ0) is 19.3. The van der Waals surface area contributed by atoms with Gasteiger partial charge in [0.25, 0.3) is 5.91 Å². The van der Waals surface area contributed by atoms with Gasteiger partial charge in [0, 0.05) is 42.0 Å². The van der Waals surface area contributed by atoms with Gasteiger partial charge in [0.2, 0.25) is 5.91 Å². The van der Waals surface area contributed by atoms with Gasteiger partial charge in [-0.25, -0.2) is 4.98 Å². The monoisotopic (exact) mass is 398 g/mol. The van der Waals surface area contributed by atoms with Crippen LogP contribution in [0.3, 0.4) is 0 Å². The molecule has 0 saturated carbocycles. The van der Waals surface area contributed by atoms with Crippen LogP contribution in [0.5, 0.6) is 0 Å². The molecule has 0 unspecified atom stereocenters. The van der Waals surface area contributed by atoms with Gasteiger partial charge in [0.05, 0.1) is 10.4 Å². The van der Waals surface area contributed by atoms with E-state index in [4.69, 9.17) is 0 Å². The molecule has 2 aromatic rings. The van der Waals surface area contributed by atoms with Gasteiger partial charge >= 0.3 is 0 Å². The summed E-state index contributed by atoms with van der Waals surface area (Å²) < 4.78 is 1.01. The van der Waals surface area contributed by atoms with Crippen LogP contribution in [0.2, 0.25) is 0 Å². The molecule has 7 heteroatoms. The number of aromatic nitrogens is 1. The van der Waals surface area contributed by atoms with Gasteiger partial charge in [0.1, 0.15) is 5.69 Å². The summed E-state index contributed by atoms with van der Waals surface area (Å²) in [6.45, 7) is 5.26. The Bertz CT molecular complexity index is 916. The van der Waals surface area contributed by atoms with Crippen molar-refractivity contribution in [2.75, 3.05) is 24.5 Å². The normalized spacial score (nSPS) is 30.0. The third-order valence-corrected chi connectivity index (χ3v) is 7.68. The molecule has 2 amide bonds. The number of anilines is 1. The highest BCUT2D eigenvalue weighted by Gasteiger charge is 2.40. The van der Waals surface area contributed by atoms with Crippen molar-refractivity contribution >= 4 is 38.9 Å². The highest BCUT2D eigenvalue weighted by Crippen LogP contribution is 2.35. The first kappa shape index (κ1) is 18.1.